The lowest BCUT2D eigenvalue weighted by Crippen LogP contribution is -2.14. The summed E-state index contributed by atoms with van der Waals surface area (Å²) in [6.45, 7) is 6.36. The Hall–Kier alpha value is -8.61. The van der Waals surface area contributed by atoms with Crippen LogP contribution in [0.25, 0.3) is 34.2 Å². The lowest BCUT2D eigenvalue weighted by Gasteiger charge is -2.31. The van der Waals surface area contributed by atoms with Crippen molar-refractivity contribution in [3.05, 3.63) is 254 Å². The SMILES string of the molecule is CC.CC1Cc2cc(N(c3ccccc3)c3ccccc3)ccc2N(c2ccc(-c3nc(-c4ccccc4)nc(-c4ccccc4)n3)cc2)c2ccc(N(c3ccccc3)c3ccccc3)cc21. The van der Waals surface area contributed by atoms with Crippen molar-refractivity contribution in [3.8, 4) is 34.2 Å². The van der Waals surface area contributed by atoms with Gasteiger partial charge in [-0.2, -0.15) is 0 Å². The van der Waals surface area contributed by atoms with Crippen molar-refractivity contribution in [2.24, 2.45) is 0 Å². The summed E-state index contributed by atoms with van der Waals surface area (Å²) in [4.78, 5) is 22.2. The number of fused-ring (bicyclic) bond motifs is 2. The van der Waals surface area contributed by atoms with E-state index in [-0.39, 0.29) is 5.92 Å². The van der Waals surface area contributed by atoms with E-state index in [0.29, 0.717) is 17.5 Å². The van der Waals surface area contributed by atoms with Crippen molar-refractivity contribution >= 4 is 51.2 Å². The molecule has 0 bridgehead atoms. The fourth-order valence-corrected chi connectivity index (χ4v) is 9.12. The number of hydrogen-bond donors (Lipinski definition) is 0. The molecule has 68 heavy (non-hydrogen) atoms. The van der Waals surface area contributed by atoms with Gasteiger partial charge in [0.15, 0.2) is 17.5 Å². The van der Waals surface area contributed by atoms with E-state index in [1.165, 1.54) is 11.1 Å². The third kappa shape index (κ3) is 8.88. The topological polar surface area (TPSA) is 48.4 Å². The Morgan fingerprint density at radius 1 is 0.368 bits per heavy atom. The summed E-state index contributed by atoms with van der Waals surface area (Å²) in [5.74, 6) is 2.09. The standard InChI is InChI=1S/C60H46N6.C2H6/c1-43-40-47-41-53(64(48-24-12-4-13-25-48)49-26-14-5-15-27-49)36-38-56(47)66(57-39-37-54(42-55(43)57)65(50-28-16-6-17-29-50)51-30-18-7-19-31-51)52-34-32-46(33-35-52)60-62-58(44-20-8-2-9-21-44)61-59(63-60)45-22-10-3-11-23-45;1-2/h2-39,41-43H,40H2,1H3;1-2H3. The first-order chi connectivity index (χ1) is 33.6. The second-order valence-electron chi connectivity index (χ2n) is 16.6. The van der Waals surface area contributed by atoms with Gasteiger partial charge in [0, 0.05) is 67.9 Å². The van der Waals surface area contributed by atoms with Gasteiger partial charge in [-0.1, -0.05) is 154 Å². The molecule has 11 rings (SSSR count). The van der Waals surface area contributed by atoms with Crippen LogP contribution in [0.2, 0.25) is 0 Å². The van der Waals surface area contributed by atoms with E-state index >= 15 is 0 Å². The fourth-order valence-electron chi connectivity index (χ4n) is 9.12. The van der Waals surface area contributed by atoms with Gasteiger partial charge < -0.3 is 14.7 Å². The van der Waals surface area contributed by atoms with E-state index in [0.717, 1.165) is 74.3 Å². The van der Waals surface area contributed by atoms with E-state index in [2.05, 4.69) is 204 Å². The first-order valence-corrected chi connectivity index (χ1v) is 23.5. The minimum Gasteiger partial charge on any atom is -0.310 e. The number of para-hydroxylation sites is 4. The molecule has 2 heterocycles. The molecule has 330 valence electrons. The minimum absolute atomic E-state index is 0.187. The monoisotopic (exact) mass is 880 g/mol. The number of nitrogens with zero attached hydrogens (tertiary/aromatic N) is 6. The molecule has 0 amide bonds. The van der Waals surface area contributed by atoms with Crippen molar-refractivity contribution in [2.45, 2.75) is 33.1 Å². The van der Waals surface area contributed by atoms with Crippen LogP contribution in [0.3, 0.4) is 0 Å². The zero-order chi connectivity index (χ0) is 46.2. The minimum atomic E-state index is 0.187. The van der Waals surface area contributed by atoms with Crippen molar-refractivity contribution in [3.63, 3.8) is 0 Å². The van der Waals surface area contributed by atoms with Crippen LogP contribution in [0, 0.1) is 0 Å². The van der Waals surface area contributed by atoms with Gasteiger partial charge in [-0.25, -0.2) is 15.0 Å². The summed E-state index contributed by atoms with van der Waals surface area (Å²) >= 11 is 0. The maximum absolute atomic E-state index is 5.05. The van der Waals surface area contributed by atoms with Crippen molar-refractivity contribution in [1.82, 2.24) is 15.0 Å². The van der Waals surface area contributed by atoms with Crippen LogP contribution in [0.5, 0.6) is 0 Å². The van der Waals surface area contributed by atoms with Crippen LogP contribution in [-0.2, 0) is 6.42 Å². The first kappa shape index (κ1) is 43.3. The average molecular weight is 881 g/mol. The van der Waals surface area contributed by atoms with Crippen LogP contribution >= 0.6 is 0 Å². The quantitative estimate of drug-likeness (QED) is 0.136. The Labute approximate surface area is 400 Å². The number of hydrogen-bond acceptors (Lipinski definition) is 6. The molecule has 6 heteroatoms. The highest BCUT2D eigenvalue weighted by molar-refractivity contribution is 5.88. The van der Waals surface area contributed by atoms with Crippen LogP contribution in [-0.4, -0.2) is 15.0 Å². The molecule has 1 unspecified atom stereocenters. The van der Waals surface area contributed by atoms with Crippen LogP contribution < -0.4 is 14.7 Å². The Kier molecular flexibility index (Phi) is 12.6. The summed E-state index contributed by atoms with van der Waals surface area (Å²) < 4.78 is 0. The van der Waals surface area contributed by atoms with E-state index in [1.807, 2.05) is 74.5 Å². The number of aromatic nitrogens is 3. The predicted octanol–water partition coefficient (Wildman–Crippen LogP) is 17.0. The third-order valence-electron chi connectivity index (χ3n) is 12.3. The molecular weight excluding hydrogens is 829 g/mol. The summed E-state index contributed by atoms with van der Waals surface area (Å²) in [5, 5.41) is 0. The molecule has 1 aromatic heterocycles. The van der Waals surface area contributed by atoms with E-state index < -0.39 is 0 Å². The van der Waals surface area contributed by atoms with Gasteiger partial charge in [0.1, 0.15) is 0 Å². The molecule has 0 radical (unpaired) electrons. The summed E-state index contributed by atoms with van der Waals surface area (Å²) in [5.41, 5.74) is 15.3. The maximum Gasteiger partial charge on any atom is 0.164 e. The Morgan fingerprint density at radius 3 is 1.13 bits per heavy atom. The van der Waals surface area contributed by atoms with Crippen LogP contribution in [0.1, 0.15) is 37.8 Å². The van der Waals surface area contributed by atoms with Crippen molar-refractivity contribution in [1.29, 1.82) is 0 Å². The van der Waals surface area contributed by atoms with Gasteiger partial charge in [-0.15, -0.1) is 0 Å². The molecule has 0 spiro atoms. The van der Waals surface area contributed by atoms with Gasteiger partial charge in [0.2, 0.25) is 0 Å². The van der Waals surface area contributed by atoms with Crippen LogP contribution in [0.4, 0.5) is 51.2 Å². The highest BCUT2D eigenvalue weighted by atomic mass is 15.2. The van der Waals surface area contributed by atoms with E-state index in [1.54, 1.807) is 0 Å². The molecule has 1 aliphatic rings. The normalized spacial score (nSPS) is 12.7. The average Bonchev–Trinajstić information content (AvgIpc) is 3.54. The zero-order valence-electron chi connectivity index (χ0n) is 38.6. The molecule has 9 aromatic carbocycles. The molecular formula is C62H52N6. The second-order valence-corrected chi connectivity index (χ2v) is 16.6. The molecule has 0 aliphatic carbocycles. The van der Waals surface area contributed by atoms with Gasteiger partial charge in [-0.3, -0.25) is 0 Å². The van der Waals surface area contributed by atoms with Crippen molar-refractivity contribution in [2.75, 3.05) is 14.7 Å². The Bertz CT molecular complexity index is 3090. The first-order valence-electron chi connectivity index (χ1n) is 23.5. The van der Waals surface area contributed by atoms with Gasteiger partial charge >= 0.3 is 0 Å². The maximum atomic E-state index is 5.05. The summed E-state index contributed by atoms with van der Waals surface area (Å²) in [6.07, 6.45) is 0.845. The van der Waals surface area contributed by atoms with Crippen molar-refractivity contribution < 1.29 is 0 Å². The molecule has 0 saturated heterocycles. The predicted molar refractivity (Wildman–Crippen MR) is 284 cm³/mol. The molecule has 0 fully saturated rings. The Balaban J connectivity index is 0.00000266. The number of benzene rings is 9. The highest BCUT2D eigenvalue weighted by Gasteiger charge is 2.29. The molecule has 0 saturated carbocycles. The molecule has 6 nitrogen and oxygen atoms in total. The lowest BCUT2D eigenvalue weighted by atomic mass is 9.92. The fraction of sp³-hybridized carbons (Fsp3) is 0.0806. The molecule has 10 aromatic rings. The van der Waals surface area contributed by atoms with E-state index in [4.69, 9.17) is 15.0 Å². The van der Waals surface area contributed by atoms with E-state index in [9.17, 15) is 0 Å². The lowest BCUT2D eigenvalue weighted by molar-refractivity contribution is 0.769. The highest BCUT2D eigenvalue weighted by Crippen LogP contribution is 2.49. The Morgan fingerprint density at radius 2 is 0.721 bits per heavy atom. The largest absolute Gasteiger partial charge is 0.310 e. The number of anilines is 9. The molecule has 1 aliphatic heterocycles. The second kappa shape index (κ2) is 19.9. The summed E-state index contributed by atoms with van der Waals surface area (Å²) in [6, 6.07) is 85.4. The van der Waals surface area contributed by atoms with Gasteiger partial charge in [-0.05, 0) is 133 Å². The molecule has 0 N–H and O–H groups in total. The molecule has 1 atom stereocenters. The smallest absolute Gasteiger partial charge is 0.164 e. The zero-order valence-corrected chi connectivity index (χ0v) is 38.6. The van der Waals surface area contributed by atoms with Gasteiger partial charge in [0.25, 0.3) is 0 Å². The van der Waals surface area contributed by atoms with Crippen LogP contribution in [0.15, 0.2) is 243 Å². The number of rotatable bonds is 10. The third-order valence-corrected chi connectivity index (χ3v) is 12.3. The van der Waals surface area contributed by atoms with Gasteiger partial charge in [0.05, 0.1) is 0 Å². The summed E-state index contributed by atoms with van der Waals surface area (Å²) in [7, 11) is 0.